The van der Waals surface area contributed by atoms with Crippen molar-refractivity contribution in [2.24, 2.45) is 11.3 Å². The lowest BCUT2D eigenvalue weighted by molar-refractivity contribution is -0.139. The fourth-order valence-electron chi connectivity index (χ4n) is 6.81. The van der Waals surface area contributed by atoms with Crippen molar-refractivity contribution in [3.8, 4) is 5.75 Å². The summed E-state index contributed by atoms with van der Waals surface area (Å²) in [6.07, 6.45) is 4.31. The summed E-state index contributed by atoms with van der Waals surface area (Å²) in [5.74, 6) is 2.15. The molecule has 0 radical (unpaired) electrons. The topological polar surface area (TPSA) is 66.2 Å². The quantitative estimate of drug-likeness (QED) is 0.401. The third-order valence-corrected chi connectivity index (χ3v) is 9.13. The number of hydrogen-bond acceptors (Lipinski definition) is 5. The molecule has 3 aliphatic rings. The molecule has 1 aromatic heterocycles. The van der Waals surface area contributed by atoms with Crippen molar-refractivity contribution in [1.29, 1.82) is 0 Å². The van der Waals surface area contributed by atoms with Gasteiger partial charge in [0, 0.05) is 38.6 Å². The van der Waals surface area contributed by atoms with Crippen LogP contribution >= 0.6 is 12.4 Å². The van der Waals surface area contributed by atoms with Gasteiger partial charge in [0.1, 0.15) is 5.75 Å². The van der Waals surface area contributed by atoms with E-state index in [1.54, 1.807) is 25.5 Å². The summed E-state index contributed by atoms with van der Waals surface area (Å²) in [6, 6.07) is 22.1. The Labute approximate surface area is 242 Å². The molecule has 40 heavy (non-hydrogen) atoms. The van der Waals surface area contributed by atoms with Crippen LogP contribution in [0.2, 0.25) is 0 Å². The smallest absolute Gasteiger partial charge is 0.289 e. The molecule has 2 atom stereocenters. The molecule has 3 aliphatic heterocycles. The number of methoxy groups -OCH3 is 1. The highest BCUT2D eigenvalue weighted by atomic mass is 35.5. The number of nitrogens with zero attached hydrogens (tertiary/aromatic N) is 3. The molecule has 0 bridgehead atoms. The van der Waals surface area contributed by atoms with Crippen LogP contribution in [0.1, 0.15) is 46.9 Å². The Hall–Kier alpha value is -3.29. The standard InChI is InChI=1S/C32H37N3O4.ClH/c1-38-27-11-9-24(10-12-27)20-34-18-15-32(31(34)37)13-16-33(17-14-32)21-26-22-35(30(36)29-8-5-19-39-29)23-28(26)25-6-3-2-4-7-25;/h2-12,19,26,28H,13-18,20-23H2,1H3;1H. The summed E-state index contributed by atoms with van der Waals surface area (Å²) in [7, 11) is 1.67. The number of ether oxygens (including phenoxy) is 1. The molecule has 0 aliphatic carbocycles. The van der Waals surface area contributed by atoms with Crippen LogP contribution in [-0.4, -0.2) is 72.9 Å². The van der Waals surface area contributed by atoms with E-state index in [2.05, 4.69) is 29.2 Å². The van der Waals surface area contributed by atoms with Gasteiger partial charge in [0.15, 0.2) is 5.76 Å². The van der Waals surface area contributed by atoms with Gasteiger partial charge >= 0.3 is 0 Å². The number of halogens is 1. The zero-order valence-electron chi connectivity index (χ0n) is 23.0. The monoisotopic (exact) mass is 563 g/mol. The number of benzene rings is 2. The normalized spacial score (nSPS) is 22.5. The molecule has 4 heterocycles. The van der Waals surface area contributed by atoms with E-state index in [9.17, 15) is 9.59 Å². The van der Waals surface area contributed by atoms with E-state index in [0.717, 1.165) is 63.3 Å². The van der Waals surface area contributed by atoms with E-state index in [1.807, 2.05) is 40.1 Å². The number of likely N-dealkylation sites (tertiary alicyclic amines) is 3. The van der Waals surface area contributed by atoms with E-state index in [0.29, 0.717) is 30.7 Å². The summed E-state index contributed by atoms with van der Waals surface area (Å²) < 4.78 is 10.7. The van der Waals surface area contributed by atoms with Crippen LogP contribution in [0.25, 0.3) is 0 Å². The Balaban J connectivity index is 0.00000323. The summed E-state index contributed by atoms with van der Waals surface area (Å²) in [4.78, 5) is 33.2. The van der Waals surface area contributed by atoms with Crippen LogP contribution in [0.3, 0.4) is 0 Å². The first-order valence-corrected chi connectivity index (χ1v) is 14.1. The second-order valence-corrected chi connectivity index (χ2v) is 11.4. The summed E-state index contributed by atoms with van der Waals surface area (Å²) in [6.45, 7) is 5.68. The summed E-state index contributed by atoms with van der Waals surface area (Å²) in [5, 5.41) is 0. The van der Waals surface area contributed by atoms with Gasteiger partial charge in [-0.2, -0.15) is 0 Å². The van der Waals surface area contributed by atoms with E-state index in [-0.39, 0.29) is 29.6 Å². The van der Waals surface area contributed by atoms with Crippen molar-refractivity contribution >= 4 is 24.2 Å². The molecule has 3 fully saturated rings. The number of amides is 2. The second kappa shape index (κ2) is 12.1. The van der Waals surface area contributed by atoms with Gasteiger partial charge in [-0.15, -0.1) is 12.4 Å². The molecule has 0 saturated carbocycles. The minimum atomic E-state index is -0.223. The average molecular weight is 564 g/mol. The minimum Gasteiger partial charge on any atom is -0.497 e. The number of hydrogen-bond donors (Lipinski definition) is 0. The van der Waals surface area contributed by atoms with E-state index < -0.39 is 0 Å². The predicted molar refractivity (Wildman–Crippen MR) is 156 cm³/mol. The maximum Gasteiger partial charge on any atom is 0.289 e. The first-order valence-electron chi connectivity index (χ1n) is 14.1. The Morgan fingerprint density at radius 2 is 1.68 bits per heavy atom. The molecule has 0 N–H and O–H groups in total. The second-order valence-electron chi connectivity index (χ2n) is 11.4. The molecular weight excluding hydrogens is 526 g/mol. The highest BCUT2D eigenvalue weighted by Gasteiger charge is 2.48. The van der Waals surface area contributed by atoms with Gasteiger partial charge < -0.3 is 23.9 Å². The summed E-state index contributed by atoms with van der Waals surface area (Å²) in [5.41, 5.74) is 2.20. The fraction of sp³-hybridized carbons (Fsp3) is 0.438. The number of piperidine rings is 1. The van der Waals surface area contributed by atoms with Gasteiger partial charge in [-0.25, -0.2) is 0 Å². The SMILES string of the molecule is COc1ccc(CN2CCC3(CCN(CC4CN(C(=O)c5ccco5)CC4c4ccccc4)CC3)C2=O)cc1.Cl. The minimum absolute atomic E-state index is 0. The number of rotatable bonds is 7. The van der Waals surface area contributed by atoms with Crippen molar-refractivity contribution in [3.05, 3.63) is 89.9 Å². The Morgan fingerprint density at radius 1 is 0.950 bits per heavy atom. The van der Waals surface area contributed by atoms with E-state index >= 15 is 0 Å². The maximum absolute atomic E-state index is 13.6. The van der Waals surface area contributed by atoms with Crippen LogP contribution in [0.4, 0.5) is 0 Å². The molecule has 3 saturated heterocycles. The lowest BCUT2D eigenvalue weighted by atomic mass is 9.76. The van der Waals surface area contributed by atoms with Crippen molar-refractivity contribution in [2.45, 2.75) is 31.7 Å². The van der Waals surface area contributed by atoms with Crippen molar-refractivity contribution in [2.75, 3.05) is 46.4 Å². The fourth-order valence-corrected chi connectivity index (χ4v) is 6.81. The van der Waals surface area contributed by atoms with Gasteiger partial charge in [-0.05, 0) is 73.7 Å². The van der Waals surface area contributed by atoms with Gasteiger partial charge in [0.2, 0.25) is 5.91 Å². The predicted octanol–water partition coefficient (Wildman–Crippen LogP) is 5.08. The maximum atomic E-state index is 13.6. The molecular formula is C32H38ClN3O4. The van der Waals surface area contributed by atoms with Crippen LogP contribution in [-0.2, 0) is 11.3 Å². The largest absolute Gasteiger partial charge is 0.497 e. The molecule has 212 valence electrons. The van der Waals surface area contributed by atoms with E-state index in [1.165, 1.54) is 5.56 Å². The molecule has 6 rings (SSSR count). The lowest BCUT2D eigenvalue weighted by Gasteiger charge is -2.39. The number of carbonyl (C=O) groups is 2. The van der Waals surface area contributed by atoms with Crippen molar-refractivity contribution in [3.63, 3.8) is 0 Å². The highest BCUT2D eigenvalue weighted by molar-refractivity contribution is 5.91. The zero-order chi connectivity index (χ0) is 26.8. The molecule has 3 aromatic rings. The average Bonchev–Trinajstić information content (AvgIpc) is 3.73. The molecule has 1 spiro atoms. The van der Waals surface area contributed by atoms with Crippen LogP contribution in [0.15, 0.2) is 77.4 Å². The third kappa shape index (κ3) is 5.63. The Bertz CT molecular complexity index is 1270. The van der Waals surface area contributed by atoms with Crippen molar-refractivity contribution < 1.29 is 18.7 Å². The highest BCUT2D eigenvalue weighted by Crippen LogP contribution is 2.43. The molecule has 2 unspecified atom stereocenters. The summed E-state index contributed by atoms with van der Waals surface area (Å²) >= 11 is 0. The van der Waals surface area contributed by atoms with Gasteiger partial charge in [0.25, 0.3) is 5.91 Å². The Morgan fingerprint density at radius 3 is 2.35 bits per heavy atom. The van der Waals surface area contributed by atoms with Gasteiger partial charge in [-0.1, -0.05) is 42.5 Å². The van der Waals surface area contributed by atoms with Crippen LogP contribution in [0, 0.1) is 11.3 Å². The lowest BCUT2D eigenvalue weighted by Crippen LogP contribution is -2.46. The first kappa shape index (κ1) is 28.2. The number of furan rings is 1. The van der Waals surface area contributed by atoms with Crippen LogP contribution in [0.5, 0.6) is 5.75 Å². The molecule has 2 amide bonds. The molecule has 7 nitrogen and oxygen atoms in total. The molecule has 2 aromatic carbocycles. The third-order valence-electron chi connectivity index (χ3n) is 9.13. The van der Waals surface area contributed by atoms with Gasteiger partial charge in [0.05, 0.1) is 18.8 Å². The van der Waals surface area contributed by atoms with Gasteiger partial charge in [-0.3, -0.25) is 9.59 Å². The van der Waals surface area contributed by atoms with Crippen molar-refractivity contribution in [1.82, 2.24) is 14.7 Å². The molecule has 8 heteroatoms. The Kier molecular flexibility index (Phi) is 8.52. The number of carbonyl (C=O) groups excluding carboxylic acids is 2. The zero-order valence-corrected chi connectivity index (χ0v) is 23.9. The van der Waals surface area contributed by atoms with E-state index in [4.69, 9.17) is 9.15 Å². The van der Waals surface area contributed by atoms with Crippen LogP contribution < -0.4 is 4.74 Å². The first-order chi connectivity index (χ1) is 19.0.